The molecule has 0 saturated carbocycles. The van der Waals surface area contributed by atoms with E-state index in [4.69, 9.17) is 20.9 Å². The predicted octanol–water partition coefficient (Wildman–Crippen LogP) is 3.37. The zero-order valence-electron chi connectivity index (χ0n) is 26.8. The number of nitrogens with two attached hydrogens (primary N) is 2. The average Bonchev–Trinajstić information content (AvgIpc) is 2.78. The van der Waals surface area contributed by atoms with Gasteiger partial charge in [-0.25, -0.2) is 4.79 Å². The second kappa shape index (κ2) is 25.3. The summed E-state index contributed by atoms with van der Waals surface area (Å²) in [6, 6.07) is -0.693. The highest BCUT2D eigenvalue weighted by Crippen LogP contribution is 2.10. The van der Waals surface area contributed by atoms with Crippen LogP contribution in [0.25, 0.3) is 0 Å². The molecule has 0 rings (SSSR count). The van der Waals surface area contributed by atoms with Gasteiger partial charge in [0.05, 0.1) is 12.1 Å². The molecule has 40 heavy (non-hydrogen) atoms. The number of unbranched alkanes of at least 4 members (excludes halogenated alkanes) is 3. The van der Waals surface area contributed by atoms with E-state index >= 15 is 0 Å². The fraction of sp³-hybridized carbons (Fsp3) is 0.821. The fourth-order valence-corrected chi connectivity index (χ4v) is 2.02. The van der Waals surface area contributed by atoms with Crippen LogP contribution in [0.5, 0.6) is 0 Å². The normalized spacial score (nSPS) is 11.4. The van der Waals surface area contributed by atoms with Gasteiger partial charge in [0.25, 0.3) is 6.47 Å². The Hall–Kier alpha value is -2.73. The molecule has 0 spiro atoms. The Balaban J connectivity index is -0.000000231. The molecule has 238 valence electrons. The minimum Gasteiger partial charge on any atom is -0.462 e. The molecule has 0 aromatic rings. The summed E-state index contributed by atoms with van der Waals surface area (Å²) < 4.78 is 14.6. The summed E-state index contributed by atoms with van der Waals surface area (Å²) in [6.07, 6.45) is 5.13. The molecule has 12 nitrogen and oxygen atoms in total. The Kier molecular flexibility index (Phi) is 28.0. The fourth-order valence-electron chi connectivity index (χ4n) is 2.02. The predicted molar refractivity (Wildman–Crippen MR) is 158 cm³/mol. The number of ether oxygens (including phenoxy) is 3. The molecule has 0 aliphatic heterocycles. The molecule has 0 bridgehead atoms. The van der Waals surface area contributed by atoms with Crippen LogP contribution in [0.4, 0.5) is 4.79 Å². The quantitative estimate of drug-likeness (QED) is 0.153. The van der Waals surface area contributed by atoms with Gasteiger partial charge in [0.1, 0.15) is 17.5 Å². The van der Waals surface area contributed by atoms with E-state index in [1.807, 2.05) is 62.3 Å². The number of carbonyl (C=O) groups excluding carboxylic acids is 5. The summed E-state index contributed by atoms with van der Waals surface area (Å²) in [4.78, 5) is 51.9. The van der Waals surface area contributed by atoms with Crippen molar-refractivity contribution in [1.82, 2.24) is 10.6 Å². The molecule has 0 radical (unpaired) electrons. The molecule has 6 N–H and O–H groups in total. The summed E-state index contributed by atoms with van der Waals surface area (Å²) >= 11 is 0. The number of hydrogen-bond donors (Lipinski definition) is 4. The minimum absolute atomic E-state index is 0.0417. The number of hydrogen-bond acceptors (Lipinski definition) is 9. The maximum atomic E-state index is 11.3. The van der Waals surface area contributed by atoms with Crippen LogP contribution in [0.1, 0.15) is 108 Å². The Morgan fingerprint density at radius 2 is 1.40 bits per heavy atom. The molecule has 0 aromatic heterocycles. The number of carbonyl (C=O) groups is 5. The van der Waals surface area contributed by atoms with Gasteiger partial charge in [-0.3, -0.25) is 14.4 Å². The topological polar surface area (TPSA) is 189 Å². The van der Waals surface area contributed by atoms with Crippen molar-refractivity contribution in [3.63, 3.8) is 0 Å². The third-order valence-electron chi connectivity index (χ3n) is 4.11. The van der Waals surface area contributed by atoms with Crippen molar-refractivity contribution in [1.29, 1.82) is 0 Å². The van der Waals surface area contributed by atoms with Crippen LogP contribution in [0, 0.1) is 0 Å². The van der Waals surface area contributed by atoms with Gasteiger partial charge >= 0.3 is 12.0 Å². The first kappa shape index (κ1) is 44.3. The van der Waals surface area contributed by atoms with Crippen LogP contribution in [-0.4, -0.2) is 73.7 Å². The van der Waals surface area contributed by atoms with E-state index in [2.05, 4.69) is 15.4 Å². The molecule has 3 amide bonds. The first-order valence-corrected chi connectivity index (χ1v) is 13.5. The lowest BCUT2D eigenvalue weighted by molar-refractivity contribution is -0.155. The summed E-state index contributed by atoms with van der Waals surface area (Å²) in [5.41, 5.74) is 9.27. The molecule has 1 unspecified atom stereocenters. The first-order valence-electron chi connectivity index (χ1n) is 13.5. The Labute approximate surface area is 242 Å². The number of methoxy groups -OCH3 is 1. The van der Waals surface area contributed by atoms with Gasteiger partial charge in [0, 0.05) is 32.5 Å². The summed E-state index contributed by atoms with van der Waals surface area (Å²) in [6.45, 7) is 19.9. The van der Waals surface area contributed by atoms with Crippen molar-refractivity contribution in [3.8, 4) is 0 Å². The van der Waals surface area contributed by atoms with E-state index in [1.165, 1.54) is 0 Å². The van der Waals surface area contributed by atoms with E-state index in [1.54, 1.807) is 14.0 Å². The van der Waals surface area contributed by atoms with Gasteiger partial charge in [-0.1, -0.05) is 6.42 Å². The number of aldehydes is 1. The van der Waals surface area contributed by atoms with Crippen LogP contribution in [-0.2, 0) is 33.4 Å². The van der Waals surface area contributed by atoms with Gasteiger partial charge in [-0.2, -0.15) is 0 Å². The zero-order valence-corrected chi connectivity index (χ0v) is 26.8. The molecular formula is C28H58N4O8. The Morgan fingerprint density at radius 1 is 0.875 bits per heavy atom. The maximum absolute atomic E-state index is 11.3. The van der Waals surface area contributed by atoms with E-state index in [0.29, 0.717) is 25.9 Å². The largest absolute Gasteiger partial charge is 0.462 e. The molecule has 0 aliphatic rings. The molecule has 12 heteroatoms. The van der Waals surface area contributed by atoms with Crippen molar-refractivity contribution in [3.05, 3.63) is 0 Å². The number of primary amides is 1. The van der Waals surface area contributed by atoms with Crippen molar-refractivity contribution < 1.29 is 38.2 Å². The van der Waals surface area contributed by atoms with Crippen LogP contribution in [0.15, 0.2) is 0 Å². The number of rotatable bonds is 12. The highest BCUT2D eigenvalue weighted by atomic mass is 16.6. The van der Waals surface area contributed by atoms with Crippen LogP contribution in [0.3, 0.4) is 0 Å². The van der Waals surface area contributed by atoms with Gasteiger partial charge in [0.15, 0.2) is 0 Å². The molecule has 0 saturated heterocycles. The lowest BCUT2D eigenvalue weighted by Crippen LogP contribution is -2.37. The lowest BCUT2D eigenvalue weighted by atomic mass is 10.1. The van der Waals surface area contributed by atoms with Gasteiger partial charge in [-0.15, -0.1) is 0 Å². The van der Waals surface area contributed by atoms with Crippen LogP contribution < -0.4 is 22.1 Å². The van der Waals surface area contributed by atoms with E-state index in [0.717, 1.165) is 25.5 Å². The van der Waals surface area contributed by atoms with E-state index in [-0.39, 0.29) is 42.1 Å². The highest BCUT2D eigenvalue weighted by Gasteiger charge is 2.17. The van der Waals surface area contributed by atoms with Gasteiger partial charge in [0.2, 0.25) is 5.91 Å². The highest BCUT2D eigenvalue weighted by molar-refractivity contribution is 5.77. The van der Waals surface area contributed by atoms with Crippen LogP contribution in [0.2, 0.25) is 0 Å². The molecular weight excluding hydrogens is 520 g/mol. The Bertz CT molecular complexity index is 681. The second-order valence-corrected chi connectivity index (χ2v) is 11.7. The first-order chi connectivity index (χ1) is 18.1. The number of amides is 3. The second-order valence-electron chi connectivity index (χ2n) is 11.7. The number of urea groups is 1. The third kappa shape index (κ3) is 51.8. The van der Waals surface area contributed by atoms with E-state index in [9.17, 15) is 24.0 Å². The smallest absolute Gasteiger partial charge is 0.312 e. The molecule has 0 aromatic carbocycles. The van der Waals surface area contributed by atoms with Crippen molar-refractivity contribution >= 4 is 30.7 Å². The van der Waals surface area contributed by atoms with Crippen molar-refractivity contribution in [2.75, 3.05) is 20.2 Å². The van der Waals surface area contributed by atoms with Crippen LogP contribution >= 0.6 is 0 Å². The summed E-state index contributed by atoms with van der Waals surface area (Å²) in [7, 11) is 1.71. The molecule has 0 aliphatic carbocycles. The standard InChI is InChI=1S/C10H20N2O3.C8H16N2O2.C5H10O2.C5H12O/c1-7(12-9(11)14)5-6-8(13)15-10(2,3)4;9-7-8(12)10-5-3-1-2-4-6-11;1-5(2,3)7-4-6;1-5(2,3)6-4/h7H,5-6H2,1-4H3,(H3,11,12,14);6H,1-5,7,9H2,(H,10,12);4H,1-3H3;1-4H3. The Morgan fingerprint density at radius 3 is 1.73 bits per heavy atom. The third-order valence-corrected chi connectivity index (χ3v) is 4.11. The van der Waals surface area contributed by atoms with Gasteiger partial charge in [-0.05, 0) is 88.5 Å². The van der Waals surface area contributed by atoms with E-state index < -0.39 is 11.6 Å². The minimum atomic E-state index is -0.577. The molecule has 0 fully saturated rings. The number of nitrogens with one attached hydrogen (secondary N) is 2. The SMILES string of the molecule is CC(C)(C)OC=O.CC(CCC(=O)OC(C)(C)C)NC(N)=O.COC(C)(C)C.NCC(=O)NCCCCCC=O. The average molecular weight is 579 g/mol. The molecule has 1 atom stereocenters. The lowest BCUT2D eigenvalue weighted by Gasteiger charge is -2.20. The monoisotopic (exact) mass is 578 g/mol. The zero-order chi connectivity index (χ0) is 32.4. The van der Waals surface area contributed by atoms with Crippen molar-refractivity contribution in [2.24, 2.45) is 11.5 Å². The number of esters is 1. The molecule has 0 heterocycles. The van der Waals surface area contributed by atoms with Crippen molar-refractivity contribution in [2.45, 2.75) is 131 Å². The van der Waals surface area contributed by atoms with Gasteiger partial charge < -0.3 is 41.1 Å². The summed E-state index contributed by atoms with van der Waals surface area (Å²) in [5.74, 6) is -0.383. The summed E-state index contributed by atoms with van der Waals surface area (Å²) in [5, 5.41) is 5.15. The maximum Gasteiger partial charge on any atom is 0.312 e.